The molecule has 0 radical (unpaired) electrons. The van der Waals surface area contributed by atoms with E-state index in [-0.39, 0.29) is 24.2 Å². The van der Waals surface area contributed by atoms with Gasteiger partial charge in [0.25, 0.3) is 5.91 Å². The monoisotopic (exact) mass is 326 g/mol. The first-order chi connectivity index (χ1) is 11.3. The Kier molecular flexibility index (Phi) is 3.87. The van der Waals surface area contributed by atoms with Crippen LogP contribution in [-0.2, 0) is 9.59 Å². The molecule has 0 spiro atoms. The second-order valence-electron chi connectivity index (χ2n) is 6.49. The van der Waals surface area contributed by atoms with E-state index in [9.17, 15) is 14.0 Å². The van der Waals surface area contributed by atoms with Crippen LogP contribution in [-0.4, -0.2) is 23.9 Å². The van der Waals surface area contributed by atoms with Crippen LogP contribution in [0.25, 0.3) is 0 Å². The zero-order valence-electron chi connectivity index (χ0n) is 13.9. The number of hydrogen-bond donors (Lipinski definition) is 0. The van der Waals surface area contributed by atoms with Gasteiger partial charge in [0.05, 0.1) is 0 Å². The molecule has 2 aromatic carbocycles. The number of benzene rings is 2. The van der Waals surface area contributed by atoms with Crippen LogP contribution >= 0.6 is 0 Å². The first-order valence-corrected chi connectivity index (χ1v) is 7.78. The van der Waals surface area contributed by atoms with Crippen molar-refractivity contribution in [3.8, 4) is 0 Å². The van der Waals surface area contributed by atoms with Gasteiger partial charge in [-0.25, -0.2) is 4.39 Å². The number of nitrogens with zero attached hydrogens (tertiary/aromatic N) is 2. The summed E-state index contributed by atoms with van der Waals surface area (Å²) in [6.07, 6.45) is 0. The van der Waals surface area contributed by atoms with Crippen molar-refractivity contribution >= 4 is 23.2 Å². The Labute approximate surface area is 140 Å². The average Bonchev–Trinajstić information content (AvgIpc) is 2.53. The molecule has 0 aliphatic carbocycles. The zero-order valence-corrected chi connectivity index (χ0v) is 13.9. The molecule has 0 saturated carbocycles. The van der Waals surface area contributed by atoms with E-state index in [0.29, 0.717) is 11.4 Å². The van der Waals surface area contributed by atoms with Crippen LogP contribution in [0.3, 0.4) is 0 Å². The van der Waals surface area contributed by atoms with Gasteiger partial charge in [-0.15, -0.1) is 0 Å². The molecule has 0 bridgehead atoms. The smallest absolute Gasteiger partial charge is 0.253 e. The first kappa shape index (κ1) is 16.2. The summed E-state index contributed by atoms with van der Waals surface area (Å²) in [5.74, 6) is -0.751. The summed E-state index contributed by atoms with van der Waals surface area (Å²) < 4.78 is 13.2. The predicted molar refractivity (Wildman–Crippen MR) is 91.5 cm³/mol. The number of piperazine rings is 1. The lowest BCUT2D eigenvalue weighted by Crippen LogP contribution is -2.66. The molecule has 1 aliphatic rings. The second-order valence-corrected chi connectivity index (χ2v) is 6.49. The van der Waals surface area contributed by atoms with Crippen molar-refractivity contribution in [2.75, 3.05) is 16.3 Å². The highest BCUT2D eigenvalue weighted by Crippen LogP contribution is 2.32. The van der Waals surface area contributed by atoms with Crippen LogP contribution in [0, 0.1) is 12.7 Å². The fourth-order valence-corrected chi connectivity index (χ4v) is 3.08. The third kappa shape index (κ3) is 2.66. The van der Waals surface area contributed by atoms with Gasteiger partial charge in [0.2, 0.25) is 5.91 Å². The molecule has 3 rings (SSSR count). The molecule has 5 heteroatoms. The minimum atomic E-state index is -1.06. The van der Waals surface area contributed by atoms with E-state index < -0.39 is 5.54 Å². The fraction of sp³-hybridized carbons (Fsp3) is 0.263. The highest BCUT2D eigenvalue weighted by molar-refractivity contribution is 6.16. The summed E-state index contributed by atoms with van der Waals surface area (Å²) >= 11 is 0. The van der Waals surface area contributed by atoms with E-state index in [1.807, 2.05) is 31.2 Å². The highest BCUT2D eigenvalue weighted by atomic mass is 19.1. The highest BCUT2D eigenvalue weighted by Gasteiger charge is 2.47. The Morgan fingerprint density at radius 3 is 2.29 bits per heavy atom. The van der Waals surface area contributed by atoms with Crippen molar-refractivity contribution in [1.29, 1.82) is 0 Å². The maximum absolute atomic E-state index is 13.2. The van der Waals surface area contributed by atoms with Gasteiger partial charge in [-0.05, 0) is 62.7 Å². The Bertz CT molecular complexity index is 799. The van der Waals surface area contributed by atoms with Crippen LogP contribution in [0.5, 0.6) is 0 Å². The molecule has 24 heavy (non-hydrogen) atoms. The third-order valence-corrected chi connectivity index (χ3v) is 4.27. The molecule has 0 atom stereocenters. The number of carbonyl (C=O) groups is 2. The number of rotatable bonds is 2. The summed E-state index contributed by atoms with van der Waals surface area (Å²) in [5.41, 5.74) is 1.19. The largest absolute Gasteiger partial charge is 0.301 e. The third-order valence-electron chi connectivity index (χ3n) is 4.27. The molecule has 1 aliphatic heterocycles. The van der Waals surface area contributed by atoms with Gasteiger partial charge in [0.15, 0.2) is 0 Å². The molecular weight excluding hydrogens is 307 g/mol. The van der Waals surface area contributed by atoms with Gasteiger partial charge in [-0.2, -0.15) is 0 Å². The van der Waals surface area contributed by atoms with Crippen LogP contribution in [0.15, 0.2) is 48.5 Å². The molecule has 0 aromatic heterocycles. The minimum absolute atomic E-state index is 0.0386. The van der Waals surface area contributed by atoms with Gasteiger partial charge >= 0.3 is 0 Å². The summed E-state index contributed by atoms with van der Waals surface area (Å²) in [7, 11) is 0. The maximum atomic E-state index is 13.2. The van der Waals surface area contributed by atoms with Crippen LogP contribution in [0.4, 0.5) is 15.8 Å². The molecule has 1 heterocycles. The minimum Gasteiger partial charge on any atom is -0.301 e. The van der Waals surface area contributed by atoms with Crippen LogP contribution in [0.2, 0.25) is 0 Å². The lowest BCUT2D eigenvalue weighted by Gasteiger charge is -2.45. The Balaban J connectivity index is 1.99. The number of anilines is 2. The molecular formula is C19H19FN2O2. The van der Waals surface area contributed by atoms with E-state index in [0.717, 1.165) is 5.56 Å². The summed E-state index contributed by atoms with van der Waals surface area (Å²) in [6.45, 7) is 5.32. The van der Waals surface area contributed by atoms with Crippen molar-refractivity contribution in [2.45, 2.75) is 26.3 Å². The second kappa shape index (κ2) is 5.74. The van der Waals surface area contributed by atoms with Gasteiger partial charge in [0.1, 0.15) is 17.9 Å². The maximum Gasteiger partial charge on any atom is 0.253 e. The number of carbonyl (C=O) groups excluding carboxylic acids is 2. The standard InChI is InChI=1S/C19H19FN2O2/c1-13-5-4-6-16(11-13)21-12-17(23)22(19(2,3)18(21)24)15-9-7-14(20)8-10-15/h4-11H,12H2,1-3H3. The van der Waals surface area contributed by atoms with Crippen molar-refractivity contribution < 1.29 is 14.0 Å². The predicted octanol–water partition coefficient (Wildman–Crippen LogP) is 3.29. The van der Waals surface area contributed by atoms with E-state index in [1.165, 1.54) is 34.1 Å². The normalized spacial score (nSPS) is 17.3. The lowest BCUT2D eigenvalue weighted by molar-refractivity contribution is -0.131. The molecule has 0 unspecified atom stereocenters. The van der Waals surface area contributed by atoms with E-state index in [1.54, 1.807) is 13.8 Å². The molecule has 2 aromatic rings. The van der Waals surface area contributed by atoms with Crippen molar-refractivity contribution in [1.82, 2.24) is 0 Å². The summed E-state index contributed by atoms with van der Waals surface area (Å²) in [6, 6.07) is 13.1. The quantitative estimate of drug-likeness (QED) is 0.850. The van der Waals surface area contributed by atoms with Gasteiger partial charge in [0, 0.05) is 11.4 Å². The summed E-state index contributed by atoms with van der Waals surface area (Å²) in [4.78, 5) is 28.7. The van der Waals surface area contributed by atoms with Gasteiger partial charge in [-0.1, -0.05) is 12.1 Å². The fourth-order valence-electron chi connectivity index (χ4n) is 3.08. The molecule has 0 N–H and O–H groups in total. The van der Waals surface area contributed by atoms with E-state index >= 15 is 0 Å². The number of aryl methyl sites for hydroxylation is 1. The first-order valence-electron chi connectivity index (χ1n) is 7.78. The Morgan fingerprint density at radius 1 is 1.00 bits per heavy atom. The SMILES string of the molecule is Cc1cccc(N2CC(=O)N(c3ccc(F)cc3)C(C)(C)C2=O)c1. The van der Waals surface area contributed by atoms with Crippen LogP contribution in [0.1, 0.15) is 19.4 Å². The molecule has 1 fully saturated rings. The Hall–Kier alpha value is -2.69. The van der Waals surface area contributed by atoms with E-state index in [4.69, 9.17) is 0 Å². The topological polar surface area (TPSA) is 40.6 Å². The molecule has 2 amide bonds. The molecule has 1 saturated heterocycles. The van der Waals surface area contributed by atoms with E-state index in [2.05, 4.69) is 0 Å². The number of halogens is 1. The lowest BCUT2D eigenvalue weighted by atomic mass is 9.95. The van der Waals surface area contributed by atoms with Crippen molar-refractivity contribution in [3.05, 3.63) is 59.9 Å². The zero-order chi connectivity index (χ0) is 17.5. The summed E-state index contributed by atoms with van der Waals surface area (Å²) in [5, 5.41) is 0. The van der Waals surface area contributed by atoms with Crippen LogP contribution < -0.4 is 9.80 Å². The Morgan fingerprint density at radius 2 is 1.67 bits per heavy atom. The molecule has 124 valence electrons. The average molecular weight is 326 g/mol. The van der Waals surface area contributed by atoms with Crippen molar-refractivity contribution in [3.63, 3.8) is 0 Å². The number of hydrogen-bond acceptors (Lipinski definition) is 2. The number of amides is 2. The van der Waals surface area contributed by atoms with Gasteiger partial charge < -0.3 is 4.90 Å². The molecule has 4 nitrogen and oxygen atoms in total. The van der Waals surface area contributed by atoms with Gasteiger partial charge in [-0.3, -0.25) is 14.5 Å². The van der Waals surface area contributed by atoms with Crippen molar-refractivity contribution in [2.24, 2.45) is 0 Å².